The van der Waals surface area contributed by atoms with Crippen molar-refractivity contribution in [2.45, 2.75) is 27.7 Å². The Morgan fingerprint density at radius 2 is 1.32 bits per heavy atom. The van der Waals surface area contributed by atoms with Gasteiger partial charge in [0, 0.05) is 43.3 Å². The van der Waals surface area contributed by atoms with E-state index in [0.29, 0.717) is 0 Å². The molecule has 0 saturated carbocycles. The molecule has 5 heteroatoms. The predicted octanol–water partition coefficient (Wildman–Crippen LogP) is 11.0. The van der Waals surface area contributed by atoms with Gasteiger partial charge in [0.15, 0.2) is 6.20 Å². The Kier molecular flexibility index (Phi) is 11.7. The fourth-order valence-corrected chi connectivity index (χ4v) is 6.19. The summed E-state index contributed by atoms with van der Waals surface area (Å²) in [5, 5.41) is 18.5. The number of aryl methyl sites for hydroxylation is 2. The Balaban J connectivity index is 0.000000162. The number of nitrogens with zero attached hydrogens (tertiary/aromatic N) is 1. The standard InChI is InChI=1S/C20H15N.C20H14N.C5H8O2.Ir/c2*1-14-5-4-7-16(13-14)20-19-10-9-15-6-2-3-8-17(15)18(19)11-12-21-20;1-4(6)3-5(2)7;/h2-13H,1H3;2-6,8-13H,1H3;3,6H,1-2H3;/q;-1;;/p+2. The molecule has 0 fully saturated rings. The Hall–Kier alpha value is -5.48. The molecular formula is C45H39IrN2O2+. The molecule has 0 spiro atoms. The first-order chi connectivity index (χ1) is 23.8. The maximum absolute atomic E-state index is 8.40. The second-order valence-corrected chi connectivity index (χ2v) is 12.2. The van der Waals surface area contributed by atoms with Gasteiger partial charge in [0.2, 0.25) is 5.69 Å². The Labute approximate surface area is 306 Å². The van der Waals surface area contributed by atoms with Crippen LogP contribution < -0.4 is 4.98 Å². The number of H-pyrrole nitrogens is 1. The van der Waals surface area contributed by atoms with Crippen LogP contribution in [0.5, 0.6) is 0 Å². The summed E-state index contributed by atoms with van der Waals surface area (Å²) in [7, 11) is 0. The number of nitrogens with one attached hydrogen (secondary N) is 1. The third-order valence-corrected chi connectivity index (χ3v) is 8.33. The van der Waals surface area contributed by atoms with Crippen LogP contribution in [0.15, 0.2) is 152 Å². The summed E-state index contributed by atoms with van der Waals surface area (Å²) in [6.45, 7) is 7.22. The van der Waals surface area contributed by atoms with Gasteiger partial charge in [0.25, 0.3) is 0 Å². The number of fused-ring (bicyclic) bond motifs is 6. The molecule has 1 radical (unpaired) electrons. The summed E-state index contributed by atoms with van der Waals surface area (Å²) >= 11 is 0. The van der Waals surface area contributed by atoms with Gasteiger partial charge in [-0.05, 0) is 76.1 Å². The summed E-state index contributed by atoms with van der Waals surface area (Å²) in [4.78, 5) is 16.4. The molecule has 0 bridgehead atoms. The molecule has 0 aliphatic carbocycles. The number of hydrogen-bond donors (Lipinski definition) is 1. The molecule has 3 N–H and O–H groups in total. The van der Waals surface area contributed by atoms with Gasteiger partial charge >= 0.3 is 5.78 Å². The molecular weight excluding hydrogens is 793 g/mol. The number of benzene rings is 6. The summed E-state index contributed by atoms with van der Waals surface area (Å²) in [5.41, 5.74) is 6.97. The Morgan fingerprint density at radius 1 is 0.680 bits per heavy atom. The average Bonchev–Trinajstić information content (AvgIpc) is 3.11. The Morgan fingerprint density at radius 3 is 1.94 bits per heavy atom. The van der Waals surface area contributed by atoms with Crippen molar-refractivity contribution in [1.82, 2.24) is 4.98 Å². The minimum absolute atomic E-state index is 0. The van der Waals surface area contributed by atoms with Crippen LogP contribution in [-0.2, 0) is 20.1 Å². The maximum atomic E-state index is 8.40. The number of carbonyl (C=O) groups excluding carboxylic acids is 1. The maximum Gasteiger partial charge on any atom is 0.316 e. The molecule has 6 aromatic carbocycles. The molecule has 50 heavy (non-hydrogen) atoms. The largest absolute Gasteiger partial charge is 0.512 e. The molecule has 0 aliphatic heterocycles. The molecule has 0 unspecified atom stereocenters. The van der Waals surface area contributed by atoms with E-state index in [4.69, 9.17) is 9.90 Å². The number of allylic oxidation sites excluding steroid dienone is 2. The van der Waals surface area contributed by atoms with Gasteiger partial charge in [-0.15, -0.1) is 35.4 Å². The monoisotopic (exact) mass is 832 g/mol. The summed E-state index contributed by atoms with van der Waals surface area (Å²) in [6.07, 6.45) is 5.20. The van der Waals surface area contributed by atoms with E-state index in [1.54, 1.807) is 0 Å². The van der Waals surface area contributed by atoms with Crippen LogP contribution in [0, 0.1) is 19.9 Å². The van der Waals surface area contributed by atoms with Gasteiger partial charge < -0.3 is 10.1 Å². The van der Waals surface area contributed by atoms with E-state index in [1.807, 2.05) is 18.5 Å². The zero-order valence-corrected chi connectivity index (χ0v) is 30.9. The third-order valence-electron chi connectivity index (χ3n) is 8.33. The number of hydrogen-bond acceptors (Lipinski definition) is 2. The van der Waals surface area contributed by atoms with Crippen molar-refractivity contribution in [2.24, 2.45) is 0 Å². The smallest absolute Gasteiger partial charge is 0.316 e. The van der Waals surface area contributed by atoms with Crippen LogP contribution in [0.2, 0.25) is 0 Å². The van der Waals surface area contributed by atoms with Crippen molar-refractivity contribution in [2.75, 3.05) is 0 Å². The van der Waals surface area contributed by atoms with Crippen molar-refractivity contribution in [1.29, 1.82) is 0 Å². The molecule has 8 aromatic rings. The zero-order valence-electron chi connectivity index (χ0n) is 28.5. The van der Waals surface area contributed by atoms with Gasteiger partial charge in [0.1, 0.15) is 0 Å². The second kappa shape index (κ2) is 16.3. The number of ketones is 1. The normalized spacial score (nSPS) is 10.9. The number of rotatable bonds is 3. The van der Waals surface area contributed by atoms with Crippen LogP contribution >= 0.6 is 0 Å². The van der Waals surface area contributed by atoms with E-state index in [1.165, 1.54) is 85.4 Å². The van der Waals surface area contributed by atoms with Crippen molar-refractivity contribution in [3.8, 4) is 22.5 Å². The molecule has 8 rings (SSSR count). The van der Waals surface area contributed by atoms with Crippen LogP contribution in [-0.4, -0.2) is 20.7 Å². The van der Waals surface area contributed by atoms with Crippen molar-refractivity contribution < 1.29 is 35.0 Å². The summed E-state index contributed by atoms with van der Waals surface area (Å²) in [6, 6.07) is 48.1. The minimum atomic E-state index is 0. The van der Waals surface area contributed by atoms with Gasteiger partial charge in [-0.1, -0.05) is 91.3 Å². The quantitative estimate of drug-likeness (QED) is 0.0633. The first kappa shape index (κ1) is 35.8. The van der Waals surface area contributed by atoms with E-state index in [0.717, 1.165) is 11.3 Å². The molecule has 2 heterocycles. The first-order valence-corrected chi connectivity index (χ1v) is 16.3. The third kappa shape index (κ3) is 8.20. The fraction of sp³-hybridized carbons (Fsp3) is 0.0889. The first-order valence-electron chi connectivity index (χ1n) is 16.3. The molecule has 0 amide bonds. The number of aliphatic hydroxyl groups is 1. The molecule has 0 atom stereocenters. The molecule has 2 aromatic heterocycles. The summed E-state index contributed by atoms with van der Waals surface area (Å²) in [5.74, 6) is 0.250. The van der Waals surface area contributed by atoms with Crippen LogP contribution in [0.1, 0.15) is 25.0 Å². The van der Waals surface area contributed by atoms with Crippen molar-refractivity contribution >= 4 is 48.9 Å². The molecule has 0 aliphatic rings. The fourth-order valence-electron chi connectivity index (χ4n) is 6.19. The average molecular weight is 832 g/mol. The minimum Gasteiger partial charge on any atom is -0.512 e. The van der Waals surface area contributed by atoms with Crippen LogP contribution in [0.3, 0.4) is 0 Å². The van der Waals surface area contributed by atoms with Crippen molar-refractivity contribution in [3.05, 3.63) is 169 Å². The van der Waals surface area contributed by atoms with Crippen molar-refractivity contribution in [3.63, 3.8) is 0 Å². The number of aromatic amines is 1. The molecule has 249 valence electrons. The molecule has 4 nitrogen and oxygen atoms in total. The van der Waals surface area contributed by atoms with Gasteiger partial charge in [-0.25, -0.2) is 4.98 Å². The van der Waals surface area contributed by atoms with Crippen LogP contribution in [0.4, 0.5) is 0 Å². The topological polar surface area (TPSA) is 68.7 Å². The van der Waals surface area contributed by atoms with Gasteiger partial charge in [-0.3, -0.25) is 4.79 Å². The predicted molar refractivity (Wildman–Crippen MR) is 205 cm³/mol. The summed E-state index contributed by atoms with van der Waals surface area (Å²) < 4.78 is 0. The number of aliphatic hydroxyl groups excluding tert-OH is 1. The Bertz CT molecular complexity index is 2320. The molecule has 0 saturated heterocycles. The zero-order chi connectivity index (χ0) is 34.3. The number of aromatic nitrogens is 2. The van der Waals surface area contributed by atoms with E-state index in [9.17, 15) is 0 Å². The second-order valence-electron chi connectivity index (χ2n) is 12.2. The van der Waals surface area contributed by atoms with E-state index >= 15 is 0 Å². The van der Waals surface area contributed by atoms with Gasteiger partial charge in [0.05, 0.1) is 24.1 Å². The van der Waals surface area contributed by atoms with Gasteiger partial charge in [-0.2, -0.15) is 0 Å². The van der Waals surface area contributed by atoms with E-state index in [-0.39, 0.29) is 31.6 Å². The number of pyridine rings is 2. The van der Waals surface area contributed by atoms with E-state index < -0.39 is 0 Å². The SMILES string of the molecule is CC(=[OH+])C=C(C)O.Cc1cc[c-]c(-c2nccc3c2ccc2ccccc23)c1.Cc1cccc(-c2[nH+]ccc3c2ccc2ccccc23)c1.[Ir]. The van der Waals surface area contributed by atoms with E-state index in [2.05, 4.69) is 151 Å². The van der Waals surface area contributed by atoms with Crippen LogP contribution in [0.25, 0.3) is 65.6 Å².